The Hall–Kier alpha value is -2.01. The summed E-state index contributed by atoms with van der Waals surface area (Å²) in [5, 5.41) is 12.4. The number of hydrogen-bond donors (Lipinski definition) is 3. The number of rotatable bonds is 2. The molecule has 0 saturated carbocycles. The Morgan fingerprint density at radius 1 is 1.44 bits per heavy atom. The molecular weight excluding hydrogens is 206 g/mol. The zero-order chi connectivity index (χ0) is 11.7. The monoisotopic (exact) mass is 219 g/mol. The van der Waals surface area contributed by atoms with Crippen molar-refractivity contribution in [3.63, 3.8) is 0 Å². The molecule has 1 aromatic carbocycles. The number of aromatic nitrogens is 2. The lowest BCUT2D eigenvalue weighted by Crippen LogP contribution is -2.10. The summed E-state index contributed by atoms with van der Waals surface area (Å²) in [6, 6.07) is 7.43. The Bertz CT molecular complexity index is 569. The molecule has 5 nitrogen and oxygen atoms in total. The first-order valence-corrected chi connectivity index (χ1v) is 4.94. The van der Waals surface area contributed by atoms with Crippen molar-refractivity contribution in [2.24, 2.45) is 5.73 Å². The highest BCUT2D eigenvalue weighted by Gasteiger charge is 2.14. The summed E-state index contributed by atoms with van der Waals surface area (Å²) in [6.07, 6.45) is 0. The molecule has 2 aromatic rings. The molecule has 0 atom stereocenters. The van der Waals surface area contributed by atoms with Gasteiger partial charge in [0.25, 0.3) is 5.56 Å². The molecule has 0 bridgehead atoms. The third-order valence-corrected chi connectivity index (χ3v) is 2.53. The van der Waals surface area contributed by atoms with Gasteiger partial charge in [0, 0.05) is 6.54 Å². The molecule has 0 radical (unpaired) electrons. The summed E-state index contributed by atoms with van der Waals surface area (Å²) >= 11 is 0. The Morgan fingerprint density at radius 2 is 2.12 bits per heavy atom. The molecule has 0 amide bonds. The van der Waals surface area contributed by atoms with E-state index in [2.05, 4.69) is 5.10 Å². The minimum atomic E-state index is -0.358. The Morgan fingerprint density at radius 3 is 2.69 bits per heavy atom. The Kier molecular flexibility index (Phi) is 2.54. The van der Waals surface area contributed by atoms with Crippen molar-refractivity contribution in [2.75, 3.05) is 0 Å². The number of aromatic amines is 1. The lowest BCUT2D eigenvalue weighted by molar-refractivity contribution is 0.428. The zero-order valence-corrected chi connectivity index (χ0v) is 8.90. The van der Waals surface area contributed by atoms with E-state index >= 15 is 0 Å². The Balaban J connectivity index is 2.66. The van der Waals surface area contributed by atoms with Crippen molar-refractivity contribution in [1.82, 2.24) is 9.78 Å². The fourth-order valence-corrected chi connectivity index (χ4v) is 1.63. The molecule has 0 aliphatic heterocycles. The summed E-state index contributed by atoms with van der Waals surface area (Å²) < 4.78 is 1.35. The molecule has 0 spiro atoms. The van der Waals surface area contributed by atoms with Crippen LogP contribution >= 0.6 is 0 Å². The quantitative estimate of drug-likeness (QED) is 0.693. The predicted molar refractivity (Wildman–Crippen MR) is 60.7 cm³/mol. The number of H-pyrrole nitrogens is 1. The van der Waals surface area contributed by atoms with Gasteiger partial charge < -0.3 is 10.8 Å². The van der Waals surface area contributed by atoms with Crippen molar-refractivity contribution in [3.05, 3.63) is 45.7 Å². The van der Waals surface area contributed by atoms with E-state index in [9.17, 15) is 9.90 Å². The topological polar surface area (TPSA) is 84.0 Å². The molecule has 5 heteroatoms. The molecule has 84 valence electrons. The van der Waals surface area contributed by atoms with Crippen molar-refractivity contribution < 1.29 is 5.11 Å². The number of nitrogens with one attached hydrogen (secondary N) is 1. The number of aryl methyl sites for hydroxylation is 1. The molecule has 16 heavy (non-hydrogen) atoms. The van der Waals surface area contributed by atoms with Gasteiger partial charge in [-0.15, -0.1) is 0 Å². The van der Waals surface area contributed by atoms with Gasteiger partial charge in [0.05, 0.1) is 11.3 Å². The number of hydrogen-bond acceptors (Lipinski definition) is 3. The molecule has 0 aliphatic carbocycles. The van der Waals surface area contributed by atoms with Crippen molar-refractivity contribution >= 4 is 0 Å². The lowest BCUT2D eigenvalue weighted by atomic mass is 10.2. The first-order valence-electron chi connectivity index (χ1n) is 4.94. The highest BCUT2D eigenvalue weighted by molar-refractivity contribution is 5.43. The minimum absolute atomic E-state index is 0.0139. The number of benzene rings is 1. The fourth-order valence-electron chi connectivity index (χ4n) is 1.63. The van der Waals surface area contributed by atoms with Crippen LogP contribution in [0.5, 0.6) is 5.88 Å². The minimum Gasteiger partial charge on any atom is -0.493 e. The van der Waals surface area contributed by atoms with Crippen LogP contribution in [0.3, 0.4) is 0 Å². The van der Waals surface area contributed by atoms with Gasteiger partial charge in [-0.25, -0.2) is 4.68 Å². The van der Waals surface area contributed by atoms with Gasteiger partial charge in [-0.05, 0) is 18.6 Å². The number of aromatic hydroxyl groups is 1. The number of para-hydroxylation sites is 1. The van der Waals surface area contributed by atoms with Crippen LogP contribution in [0, 0.1) is 6.92 Å². The maximum absolute atomic E-state index is 11.5. The van der Waals surface area contributed by atoms with Crippen LogP contribution in [0.4, 0.5) is 0 Å². The highest BCUT2D eigenvalue weighted by Crippen LogP contribution is 2.20. The van der Waals surface area contributed by atoms with Crippen LogP contribution in [0.1, 0.15) is 11.1 Å². The summed E-state index contributed by atoms with van der Waals surface area (Å²) in [4.78, 5) is 11.5. The van der Waals surface area contributed by atoms with Gasteiger partial charge in [0.2, 0.25) is 5.88 Å². The number of nitrogens with zero attached hydrogens (tertiary/aromatic N) is 1. The van der Waals surface area contributed by atoms with E-state index in [1.165, 1.54) is 4.68 Å². The van der Waals surface area contributed by atoms with Crippen LogP contribution < -0.4 is 11.3 Å². The maximum Gasteiger partial charge on any atom is 0.272 e. The molecule has 0 saturated heterocycles. The molecule has 4 N–H and O–H groups in total. The van der Waals surface area contributed by atoms with Crippen molar-refractivity contribution in [2.45, 2.75) is 13.5 Å². The Labute approximate surface area is 92.1 Å². The second-order valence-electron chi connectivity index (χ2n) is 3.57. The largest absolute Gasteiger partial charge is 0.493 e. The van der Waals surface area contributed by atoms with E-state index in [0.717, 1.165) is 11.3 Å². The first-order chi connectivity index (χ1) is 7.65. The van der Waals surface area contributed by atoms with Gasteiger partial charge in [0.1, 0.15) is 0 Å². The molecule has 0 aliphatic rings. The molecule has 2 rings (SSSR count). The highest BCUT2D eigenvalue weighted by atomic mass is 16.3. The third kappa shape index (κ3) is 1.51. The van der Waals surface area contributed by atoms with Gasteiger partial charge in [0.15, 0.2) is 0 Å². The first kappa shape index (κ1) is 10.5. The lowest BCUT2D eigenvalue weighted by Gasteiger charge is -2.07. The zero-order valence-electron chi connectivity index (χ0n) is 8.90. The molecule has 0 unspecified atom stereocenters. The van der Waals surface area contributed by atoms with E-state index in [0.29, 0.717) is 0 Å². The molecule has 1 heterocycles. The average molecular weight is 219 g/mol. The van der Waals surface area contributed by atoms with Crippen molar-refractivity contribution in [1.29, 1.82) is 0 Å². The van der Waals surface area contributed by atoms with Gasteiger partial charge in [-0.1, -0.05) is 18.2 Å². The normalized spacial score (nSPS) is 10.6. The standard InChI is InChI=1S/C11H13N3O2/c1-7-4-2-3-5-9(7)14-11(16)8(6-12)10(15)13-14/h2-5,16H,6,12H2,1H3,(H,13,15). The molecular formula is C11H13N3O2. The second-order valence-corrected chi connectivity index (χ2v) is 3.57. The van der Waals surface area contributed by atoms with Gasteiger partial charge in [-0.2, -0.15) is 0 Å². The summed E-state index contributed by atoms with van der Waals surface area (Å²) in [6.45, 7) is 1.91. The SMILES string of the molecule is Cc1ccccc1-n1[nH]c(=O)c(CN)c1O. The fraction of sp³-hybridized carbons (Fsp3) is 0.182. The second kappa shape index (κ2) is 3.86. The summed E-state index contributed by atoms with van der Waals surface area (Å²) in [5.41, 5.74) is 6.91. The van der Waals surface area contributed by atoms with Gasteiger partial charge >= 0.3 is 0 Å². The van der Waals surface area contributed by atoms with Crippen LogP contribution in [0.25, 0.3) is 5.69 Å². The van der Waals surface area contributed by atoms with Crippen LogP contribution in [-0.2, 0) is 6.54 Å². The molecule has 1 aromatic heterocycles. The predicted octanol–water partition coefficient (Wildman–Crippen LogP) is 0.638. The van der Waals surface area contributed by atoms with E-state index in [-0.39, 0.29) is 23.5 Å². The summed E-state index contributed by atoms with van der Waals surface area (Å²) in [5.74, 6) is -0.123. The van der Waals surface area contributed by atoms with Crippen LogP contribution in [0.2, 0.25) is 0 Å². The smallest absolute Gasteiger partial charge is 0.272 e. The average Bonchev–Trinajstić information content (AvgIpc) is 2.55. The van der Waals surface area contributed by atoms with Crippen LogP contribution in [-0.4, -0.2) is 14.9 Å². The number of nitrogens with two attached hydrogens (primary N) is 1. The van der Waals surface area contributed by atoms with Crippen LogP contribution in [0.15, 0.2) is 29.1 Å². The molecule has 0 fully saturated rings. The van der Waals surface area contributed by atoms with Gasteiger partial charge in [-0.3, -0.25) is 9.89 Å². The van der Waals surface area contributed by atoms with E-state index in [4.69, 9.17) is 5.73 Å². The van der Waals surface area contributed by atoms with E-state index in [1.54, 1.807) is 0 Å². The third-order valence-electron chi connectivity index (χ3n) is 2.53. The summed E-state index contributed by atoms with van der Waals surface area (Å²) in [7, 11) is 0. The van der Waals surface area contributed by atoms with E-state index < -0.39 is 0 Å². The van der Waals surface area contributed by atoms with Crippen molar-refractivity contribution in [3.8, 4) is 11.6 Å². The maximum atomic E-state index is 11.5. The van der Waals surface area contributed by atoms with E-state index in [1.807, 2.05) is 31.2 Å².